The molecule has 0 radical (unpaired) electrons. The van der Waals surface area contributed by atoms with Gasteiger partial charge in [-0.15, -0.1) is 0 Å². The maximum atomic E-state index is 10.3. The Morgan fingerprint density at radius 2 is 1.00 bits per heavy atom. The van der Waals surface area contributed by atoms with E-state index in [-0.39, 0.29) is 21.4 Å². The molecule has 4 aromatic carbocycles. The first-order valence-electron chi connectivity index (χ1n) is 10.8. The summed E-state index contributed by atoms with van der Waals surface area (Å²) < 4.78 is 36.8. The van der Waals surface area contributed by atoms with Gasteiger partial charge in [0.05, 0.1) is 15.8 Å². The molecule has 0 fully saturated rings. The molecule has 0 N–H and O–H groups in total. The first-order valence-corrected chi connectivity index (χ1v) is 13.4. The fourth-order valence-corrected chi connectivity index (χ4v) is 5.68. The molecule has 6 heteroatoms. The van der Waals surface area contributed by atoms with Crippen LogP contribution in [-0.4, -0.2) is 18.6 Å². The number of hydrogen-bond donors (Lipinski definition) is 0. The second-order valence-corrected chi connectivity index (χ2v) is 11.8. The quantitative estimate of drug-likeness (QED) is 0.234. The monoisotopic (exact) mass is 492 g/mol. The van der Waals surface area contributed by atoms with Crippen LogP contribution in [-0.2, 0) is 21.0 Å². The first-order chi connectivity index (χ1) is 16.1. The Kier molecular flexibility index (Phi) is 8.56. The van der Waals surface area contributed by atoms with Crippen LogP contribution in [0.25, 0.3) is 0 Å². The van der Waals surface area contributed by atoms with Crippen LogP contribution in [0.15, 0.2) is 135 Å². The molecular formula is C28H28O4S2. The van der Waals surface area contributed by atoms with Gasteiger partial charge in [-0.1, -0.05) is 54.6 Å². The highest BCUT2D eigenvalue weighted by atomic mass is 32.2. The molecule has 0 saturated carbocycles. The van der Waals surface area contributed by atoms with Gasteiger partial charge in [0.1, 0.15) is 21.5 Å². The largest absolute Gasteiger partial charge is 0.744 e. The zero-order chi connectivity index (χ0) is 24.6. The lowest BCUT2D eigenvalue weighted by Gasteiger charge is -2.21. The van der Waals surface area contributed by atoms with Crippen molar-refractivity contribution in [2.24, 2.45) is 0 Å². The molecule has 0 heterocycles. The van der Waals surface area contributed by atoms with Gasteiger partial charge in [0.2, 0.25) is 0 Å². The smallest absolute Gasteiger partial charge is 0.166 e. The van der Waals surface area contributed by atoms with Crippen molar-refractivity contribution in [3.05, 3.63) is 115 Å². The molecule has 0 amide bonds. The van der Waals surface area contributed by atoms with Crippen LogP contribution >= 0.6 is 0 Å². The van der Waals surface area contributed by atoms with E-state index < -0.39 is 10.1 Å². The Morgan fingerprint density at radius 3 is 1.35 bits per heavy atom. The lowest BCUT2D eigenvalue weighted by molar-refractivity contribution is 0.131. The van der Waals surface area contributed by atoms with Crippen molar-refractivity contribution in [2.75, 3.05) is 0 Å². The molecule has 0 aliphatic rings. The number of rotatable bonds is 5. The third kappa shape index (κ3) is 7.76. The minimum Gasteiger partial charge on any atom is -0.744 e. The molecule has 0 unspecified atom stereocenters. The zero-order valence-corrected chi connectivity index (χ0v) is 21.1. The minimum atomic E-state index is -4.25. The summed E-state index contributed by atoms with van der Waals surface area (Å²) in [5.41, 5.74) is -0.179. The molecule has 0 atom stereocenters. The standard InChI is InChI=1S/C22H23OS.C6H6O3S/c1-22(2,3)23-18-14-16-21(17-15-18)24(19-10-6-4-7-11-19)20-12-8-5-9-13-20;7-10(8,9)6-4-2-1-3-5-6/h4-17H,1-3H3;1-5H,(H,7,8,9)/q+1;/p-1. The fourth-order valence-electron chi connectivity index (χ4n) is 3.11. The van der Waals surface area contributed by atoms with Crippen molar-refractivity contribution in [1.29, 1.82) is 0 Å². The lowest BCUT2D eigenvalue weighted by Crippen LogP contribution is -2.22. The molecule has 4 aromatic rings. The Bertz CT molecular complexity index is 1210. The molecule has 34 heavy (non-hydrogen) atoms. The summed E-state index contributed by atoms with van der Waals surface area (Å²) in [5, 5.41) is 0. The summed E-state index contributed by atoms with van der Waals surface area (Å²) in [4.78, 5) is 3.77. The average molecular weight is 493 g/mol. The van der Waals surface area contributed by atoms with Gasteiger partial charge >= 0.3 is 0 Å². The summed E-state index contributed by atoms with van der Waals surface area (Å²) in [6.45, 7) is 6.21. The van der Waals surface area contributed by atoms with Gasteiger partial charge in [0, 0.05) is 0 Å². The van der Waals surface area contributed by atoms with E-state index in [1.807, 2.05) is 0 Å². The Labute approximate surface area is 205 Å². The Morgan fingerprint density at radius 1 is 0.618 bits per heavy atom. The van der Waals surface area contributed by atoms with E-state index in [9.17, 15) is 13.0 Å². The van der Waals surface area contributed by atoms with Crippen LogP contribution in [0.5, 0.6) is 5.75 Å². The van der Waals surface area contributed by atoms with E-state index in [0.29, 0.717) is 0 Å². The van der Waals surface area contributed by atoms with Crippen LogP contribution in [0.2, 0.25) is 0 Å². The van der Waals surface area contributed by atoms with E-state index in [0.717, 1.165) is 5.75 Å². The second-order valence-electron chi connectivity index (χ2n) is 8.39. The number of ether oxygens (including phenoxy) is 1. The van der Waals surface area contributed by atoms with Gasteiger partial charge in [-0.2, -0.15) is 0 Å². The molecule has 176 valence electrons. The molecule has 0 spiro atoms. The summed E-state index contributed by atoms with van der Waals surface area (Å²) in [7, 11) is -4.35. The van der Waals surface area contributed by atoms with Gasteiger partial charge in [0.25, 0.3) is 0 Å². The summed E-state index contributed by atoms with van der Waals surface area (Å²) in [6, 6.07) is 37.1. The highest BCUT2D eigenvalue weighted by molar-refractivity contribution is 7.97. The van der Waals surface area contributed by atoms with Crippen LogP contribution in [0.3, 0.4) is 0 Å². The molecule has 0 saturated heterocycles. The van der Waals surface area contributed by atoms with Gasteiger partial charge in [-0.25, -0.2) is 8.42 Å². The van der Waals surface area contributed by atoms with E-state index in [4.69, 9.17) is 4.74 Å². The van der Waals surface area contributed by atoms with Crippen LogP contribution in [0.1, 0.15) is 20.8 Å². The van der Waals surface area contributed by atoms with Gasteiger partial charge in [0.15, 0.2) is 14.7 Å². The molecule has 4 nitrogen and oxygen atoms in total. The van der Waals surface area contributed by atoms with Crippen molar-refractivity contribution in [3.8, 4) is 5.75 Å². The van der Waals surface area contributed by atoms with Gasteiger partial charge in [-0.05, 0) is 81.4 Å². The van der Waals surface area contributed by atoms with E-state index in [2.05, 4.69) is 106 Å². The Hall–Kier alpha value is -3.06. The van der Waals surface area contributed by atoms with Crippen molar-refractivity contribution in [1.82, 2.24) is 0 Å². The highest BCUT2D eigenvalue weighted by Crippen LogP contribution is 2.32. The highest BCUT2D eigenvalue weighted by Gasteiger charge is 2.28. The normalized spacial score (nSPS) is 11.4. The van der Waals surface area contributed by atoms with Crippen molar-refractivity contribution in [2.45, 2.75) is 46.0 Å². The van der Waals surface area contributed by atoms with Gasteiger partial charge < -0.3 is 9.29 Å². The second kappa shape index (κ2) is 11.4. The lowest BCUT2D eigenvalue weighted by atomic mass is 10.2. The molecule has 0 aliphatic heterocycles. The van der Waals surface area contributed by atoms with Crippen molar-refractivity contribution < 1.29 is 17.7 Å². The molecule has 0 aromatic heterocycles. The Balaban J connectivity index is 0.000000271. The molecule has 0 bridgehead atoms. The van der Waals surface area contributed by atoms with Crippen LogP contribution in [0.4, 0.5) is 0 Å². The predicted molar refractivity (Wildman–Crippen MR) is 136 cm³/mol. The predicted octanol–water partition coefficient (Wildman–Crippen LogP) is 6.55. The first kappa shape index (κ1) is 25.6. The maximum absolute atomic E-state index is 10.3. The van der Waals surface area contributed by atoms with Crippen LogP contribution in [0, 0.1) is 0 Å². The van der Waals surface area contributed by atoms with Crippen molar-refractivity contribution in [3.63, 3.8) is 0 Å². The summed E-state index contributed by atoms with van der Waals surface area (Å²) in [6.07, 6.45) is 0. The number of hydrogen-bond acceptors (Lipinski definition) is 4. The fraction of sp³-hybridized carbons (Fsp3) is 0.143. The topological polar surface area (TPSA) is 66.4 Å². The third-order valence-electron chi connectivity index (χ3n) is 4.47. The van der Waals surface area contributed by atoms with E-state index in [1.54, 1.807) is 6.07 Å². The summed E-state index contributed by atoms with van der Waals surface area (Å²) in [5.74, 6) is 0.913. The summed E-state index contributed by atoms with van der Waals surface area (Å²) >= 11 is 0. The number of benzene rings is 4. The zero-order valence-electron chi connectivity index (χ0n) is 19.4. The van der Waals surface area contributed by atoms with E-state index >= 15 is 0 Å². The molecule has 4 rings (SSSR count). The minimum absolute atomic E-state index is 0.102. The molecule has 0 aliphatic carbocycles. The van der Waals surface area contributed by atoms with Gasteiger partial charge in [-0.3, -0.25) is 0 Å². The molecular weight excluding hydrogens is 464 g/mol. The van der Waals surface area contributed by atoms with Crippen LogP contribution < -0.4 is 4.74 Å². The van der Waals surface area contributed by atoms with Crippen molar-refractivity contribution >= 4 is 21.0 Å². The van der Waals surface area contributed by atoms with E-state index in [1.165, 1.54) is 39.0 Å². The third-order valence-corrected chi connectivity index (χ3v) is 7.55. The average Bonchev–Trinajstić information content (AvgIpc) is 2.81. The SMILES string of the molecule is CC(C)(C)Oc1ccc([S+](c2ccccc2)c2ccccc2)cc1.O=S(=O)([O-])c1ccccc1. The maximum Gasteiger partial charge on any atom is 0.166 e.